The van der Waals surface area contributed by atoms with Crippen molar-refractivity contribution in [2.75, 3.05) is 7.11 Å². The van der Waals surface area contributed by atoms with E-state index in [1.165, 1.54) is 14.0 Å². The molecule has 0 radical (unpaired) electrons. The molecule has 1 aliphatic carbocycles. The van der Waals surface area contributed by atoms with Crippen molar-refractivity contribution in [3.05, 3.63) is 23.8 Å². The van der Waals surface area contributed by atoms with Crippen molar-refractivity contribution in [2.24, 2.45) is 5.92 Å². The van der Waals surface area contributed by atoms with Crippen LogP contribution in [0.5, 0.6) is 0 Å². The molecule has 0 bridgehead atoms. The first-order chi connectivity index (χ1) is 9.69. The zero-order chi connectivity index (χ0) is 16.2. The first kappa shape index (κ1) is 17.3. The van der Waals surface area contributed by atoms with Crippen molar-refractivity contribution in [1.29, 1.82) is 0 Å². The quantitative estimate of drug-likeness (QED) is 0.596. The molecule has 0 aromatic carbocycles. The molecule has 21 heavy (non-hydrogen) atoms. The molecular formula is C16H22O5. The minimum absolute atomic E-state index is 0.0134. The fourth-order valence-corrected chi connectivity index (χ4v) is 2.40. The minimum Gasteiger partial charge on any atom is -0.466 e. The zero-order valence-corrected chi connectivity index (χ0v) is 12.8. The summed E-state index contributed by atoms with van der Waals surface area (Å²) in [5.74, 6) is -1.22. The van der Waals surface area contributed by atoms with Gasteiger partial charge < -0.3 is 14.6 Å². The number of hydrogen-bond acceptors (Lipinski definition) is 5. The Balaban J connectivity index is 3.06. The molecule has 2 atom stereocenters. The molecule has 0 spiro atoms. The molecule has 5 heteroatoms. The second-order valence-corrected chi connectivity index (χ2v) is 5.64. The summed E-state index contributed by atoms with van der Waals surface area (Å²) in [7, 11) is 1.25. The molecule has 1 rings (SSSR count). The average molecular weight is 294 g/mol. The second-order valence-electron chi connectivity index (χ2n) is 5.64. The number of methoxy groups -OCH3 is 1. The Morgan fingerprint density at radius 1 is 1.52 bits per heavy atom. The lowest BCUT2D eigenvalue weighted by atomic mass is 9.88. The Kier molecular flexibility index (Phi) is 5.61. The van der Waals surface area contributed by atoms with Gasteiger partial charge in [0.15, 0.2) is 5.78 Å². The molecule has 0 saturated heterocycles. The Morgan fingerprint density at radius 3 is 2.57 bits per heavy atom. The van der Waals surface area contributed by atoms with Crippen LogP contribution in [-0.2, 0) is 19.1 Å². The largest absolute Gasteiger partial charge is 0.466 e. The molecule has 0 aromatic heterocycles. The third kappa shape index (κ3) is 4.36. The van der Waals surface area contributed by atoms with Gasteiger partial charge in [-0.1, -0.05) is 12.7 Å². The minimum atomic E-state index is -1.19. The van der Waals surface area contributed by atoms with Crippen LogP contribution in [0.25, 0.3) is 0 Å². The van der Waals surface area contributed by atoms with E-state index in [0.29, 0.717) is 18.4 Å². The number of esters is 1. The van der Waals surface area contributed by atoms with Gasteiger partial charge in [0.05, 0.1) is 12.7 Å². The van der Waals surface area contributed by atoms with Crippen LogP contribution in [0.15, 0.2) is 23.8 Å². The molecule has 1 N–H and O–H groups in total. The number of Topliss-reactive ketones (excluding diaryl/α,β-unsaturated/α-hetero) is 2. The Morgan fingerprint density at radius 2 is 2.14 bits per heavy atom. The highest BCUT2D eigenvalue weighted by atomic mass is 16.5. The van der Waals surface area contributed by atoms with E-state index in [2.05, 4.69) is 11.3 Å². The number of rotatable bonds is 6. The standard InChI is InChI=1S/C16H22O5/c1-10(17)5-6-12(11(2)15(19)21-4)9-13-14(18)7-8-16(13,3)20/h9,12,20H,2,5-8H2,1,3-4H3/b13-9+/t12-,16-/m1/s1. The van der Waals surface area contributed by atoms with E-state index in [0.717, 1.165) is 0 Å². The molecule has 1 fully saturated rings. The molecule has 116 valence electrons. The third-order valence-corrected chi connectivity index (χ3v) is 3.79. The van der Waals surface area contributed by atoms with Crippen LogP contribution in [0.2, 0.25) is 0 Å². The first-order valence-electron chi connectivity index (χ1n) is 6.93. The van der Waals surface area contributed by atoms with Crippen molar-refractivity contribution in [2.45, 2.75) is 45.1 Å². The zero-order valence-electron chi connectivity index (χ0n) is 12.8. The number of ether oxygens (including phenoxy) is 1. The number of carbonyl (C=O) groups excluding carboxylic acids is 3. The van der Waals surface area contributed by atoms with Crippen LogP contribution in [0.3, 0.4) is 0 Å². The van der Waals surface area contributed by atoms with Gasteiger partial charge in [0, 0.05) is 29.9 Å². The first-order valence-corrected chi connectivity index (χ1v) is 6.93. The number of hydrogen-bond donors (Lipinski definition) is 1. The second kappa shape index (κ2) is 6.80. The lowest BCUT2D eigenvalue weighted by Crippen LogP contribution is -2.24. The van der Waals surface area contributed by atoms with Crippen LogP contribution in [0.4, 0.5) is 0 Å². The van der Waals surface area contributed by atoms with Crippen molar-refractivity contribution in [3.63, 3.8) is 0 Å². The van der Waals surface area contributed by atoms with Crippen LogP contribution in [0.1, 0.15) is 39.5 Å². The topological polar surface area (TPSA) is 80.7 Å². The fourth-order valence-electron chi connectivity index (χ4n) is 2.40. The van der Waals surface area contributed by atoms with E-state index < -0.39 is 17.5 Å². The average Bonchev–Trinajstić information content (AvgIpc) is 2.67. The highest BCUT2D eigenvalue weighted by molar-refractivity contribution is 6.00. The van der Waals surface area contributed by atoms with Gasteiger partial charge in [-0.25, -0.2) is 4.79 Å². The van der Waals surface area contributed by atoms with E-state index in [9.17, 15) is 19.5 Å². The summed E-state index contributed by atoms with van der Waals surface area (Å²) in [4.78, 5) is 34.7. The maximum atomic E-state index is 11.9. The van der Waals surface area contributed by atoms with Gasteiger partial charge in [-0.3, -0.25) is 4.79 Å². The summed E-state index contributed by atoms with van der Waals surface area (Å²) in [5, 5.41) is 10.2. The van der Waals surface area contributed by atoms with E-state index in [1.807, 2.05) is 0 Å². The molecule has 0 aromatic rings. The normalized spacial score (nSPS) is 25.0. The van der Waals surface area contributed by atoms with Gasteiger partial charge in [0.25, 0.3) is 0 Å². The van der Waals surface area contributed by atoms with E-state index in [4.69, 9.17) is 0 Å². The fraction of sp³-hybridized carbons (Fsp3) is 0.562. The predicted molar refractivity (Wildman–Crippen MR) is 77.5 cm³/mol. The van der Waals surface area contributed by atoms with Crippen molar-refractivity contribution < 1.29 is 24.2 Å². The summed E-state index contributed by atoms with van der Waals surface area (Å²) in [6.07, 6.45) is 2.83. The maximum Gasteiger partial charge on any atom is 0.333 e. The molecular weight excluding hydrogens is 272 g/mol. The van der Waals surface area contributed by atoms with Crippen LogP contribution >= 0.6 is 0 Å². The van der Waals surface area contributed by atoms with Crippen molar-refractivity contribution >= 4 is 17.5 Å². The van der Waals surface area contributed by atoms with Crippen LogP contribution in [-0.4, -0.2) is 35.4 Å². The number of carbonyl (C=O) groups is 3. The number of aliphatic hydroxyl groups is 1. The van der Waals surface area contributed by atoms with Crippen LogP contribution in [0, 0.1) is 5.92 Å². The molecule has 1 saturated carbocycles. The van der Waals surface area contributed by atoms with Gasteiger partial charge in [0.1, 0.15) is 5.78 Å². The van der Waals surface area contributed by atoms with Gasteiger partial charge in [-0.05, 0) is 26.7 Å². The summed E-state index contributed by atoms with van der Waals surface area (Å²) < 4.78 is 4.64. The third-order valence-electron chi connectivity index (χ3n) is 3.79. The van der Waals surface area contributed by atoms with Crippen LogP contribution < -0.4 is 0 Å². The van der Waals surface area contributed by atoms with Gasteiger partial charge in [-0.2, -0.15) is 0 Å². The molecule has 0 amide bonds. The highest BCUT2D eigenvalue weighted by Crippen LogP contribution is 2.34. The van der Waals surface area contributed by atoms with Crippen molar-refractivity contribution in [3.8, 4) is 0 Å². The Labute approximate surface area is 124 Å². The van der Waals surface area contributed by atoms with E-state index >= 15 is 0 Å². The molecule has 5 nitrogen and oxygen atoms in total. The lowest BCUT2D eigenvalue weighted by molar-refractivity contribution is -0.136. The SMILES string of the molecule is C=C(C(=O)OC)[C@@H](/C=C1\C(=O)CC[C@@]1(C)O)CCC(C)=O. The van der Waals surface area contributed by atoms with Gasteiger partial charge in [-0.15, -0.1) is 0 Å². The summed E-state index contributed by atoms with van der Waals surface area (Å²) in [6.45, 7) is 6.73. The summed E-state index contributed by atoms with van der Waals surface area (Å²) >= 11 is 0. The van der Waals surface area contributed by atoms with Gasteiger partial charge >= 0.3 is 5.97 Å². The molecule has 0 unspecified atom stereocenters. The monoisotopic (exact) mass is 294 g/mol. The van der Waals surface area contributed by atoms with Crippen molar-refractivity contribution in [1.82, 2.24) is 0 Å². The molecule has 0 heterocycles. The summed E-state index contributed by atoms with van der Waals surface area (Å²) in [5.41, 5.74) is -0.718. The highest BCUT2D eigenvalue weighted by Gasteiger charge is 2.38. The summed E-state index contributed by atoms with van der Waals surface area (Å²) in [6, 6.07) is 0. The number of allylic oxidation sites excluding steroid dienone is 1. The lowest BCUT2D eigenvalue weighted by Gasteiger charge is -2.20. The van der Waals surface area contributed by atoms with Gasteiger partial charge in [0.2, 0.25) is 0 Å². The number of ketones is 2. The molecule has 1 aliphatic rings. The van der Waals surface area contributed by atoms with E-state index in [-0.39, 0.29) is 30.0 Å². The van der Waals surface area contributed by atoms with E-state index in [1.54, 1.807) is 13.0 Å². The predicted octanol–water partition coefficient (Wildman–Crippen LogP) is 1.74. The Hall–Kier alpha value is -1.75. The molecule has 0 aliphatic heterocycles. The maximum absolute atomic E-state index is 11.9. The Bertz CT molecular complexity index is 499. The smallest absolute Gasteiger partial charge is 0.333 e.